The summed E-state index contributed by atoms with van der Waals surface area (Å²) in [5.74, 6) is 0.608. The molecular weight excluding hydrogens is 304 g/mol. The fraction of sp³-hybridized carbons (Fsp3) is 0.357. The summed E-state index contributed by atoms with van der Waals surface area (Å²) >= 11 is 0. The van der Waals surface area contributed by atoms with Gasteiger partial charge in [-0.2, -0.15) is 5.10 Å². The summed E-state index contributed by atoms with van der Waals surface area (Å²) in [7, 11) is -3.65. The van der Waals surface area contributed by atoms with Crippen molar-refractivity contribution in [2.24, 2.45) is 5.14 Å². The molecule has 0 atom stereocenters. The Labute approximate surface area is 130 Å². The van der Waals surface area contributed by atoms with Crippen LogP contribution in [0.2, 0.25) is 0 Å². The topological polar surface area (TPSA) is 99.2 Å². The van der Waals surface area contributed by atoms with Crippen molar-refractivity contribution in [3.8, 4) is 5.75 Å². The van der Waals surface area contributed by atoms with E-state index in [2.05, 4.69) is 10.4 Å². The van der Waals surface area contributed by atoms with Gasteiger partial charge in [-0.05, 0) is 36.8 Å². The van der Waals surface area contributed by atoms with Crippen LogP contribution in [0.4, 0.5) is 0 Å². The van der Waals surface area contributed by atoms with Gasteiger partial charge in [0.2, 0.25) is 10.0 Å². The third kappa shape index (κ3) is 5.14. The number of aromatic nitrogens is 2. The van der Waals surface area contributed by atoms with Crippen molar-refractivity contribution in [3.05, 3.63) is 42.2 Å². The van der Waals surface area contributed by atoms with Crippen molar-refractivity contribution in [2.45, 2.75) is 18.4 Å². The van der Waals surface area contributed by atoms with E-state index < -0.39 is 10.0 Å². The average molecular weight is 324 g/mol. The average Bonchev–Trinajstić information content (AvgIpc) is 2.88. The predicted molar refractivity (Wildman–Crippen MR) is 83.1 cm³/mol. The lowest BCUT2D eigenvalue weighted by Gasteiger charge is -2.08. The Morgan fingerprint density at radius 1 is 1.27 bits per heavy atom. The van der Waals surface area contributed by atoms with E-state index in [9.17, 15) is 8.42 Å². The van der Waals surface area contributed by atoms with Gasteiger partial charge in [-0.3, -0.25) is 4.68 Å². The fourth-order valence-corrected chi connectivity index (χ4v) is 2.39. The van der Waals surface area contributed by atoms with Crippen molar-refractivity contribution < 1.29 is 13.2 Å². The molecule has 0 saturated heterocycles. The molecule has 8 heteroatoms. The van der Waals surface area contributed by atoms with Crippen LogP contribution in [0.1, 0.15) is 5.56 Å². The zero-order valence-corrected chi connectivity index (χ0v) is 13.2. The quantitative estimate of drug-likeness (QED) is 0.689. The van der Waals surface area contributed by atoms with Crippen LogP contribution in [-0.2, 0) is 16.6 Å². The van der Waals surface area contributed by atoms with Gasteiger partial charge in [0.05, 0.1) is 17.6 Å². The lowest BCUT2D eigenvalue weighted by atomic mass is 10.3. The van der Waals surface area contributed by atoms with Crippen molar-refractivity contribution in [1.82, 2.24) is 15.1 Å². The van der Waals surface area contributed by atoms with E-state index in [-0.39, 0.29) is 4.90 Å². The second kappa shape index (κ2) is 7.39. The van der Waals surface area contributed by atoms with Crippen LogP contribution in [0.5, 0.6) is 5.75 Å². The third-order valence-electron chi connectivity index (χ3n) is 2.98. The molecule has 0 fully saturated rings. The van der Waals surface area contributed by atoms with Crippen LogP contribution in [0, 0.1) is 6.92 Å². The third-order valence-corrected chi connectivity index (χ3v) is 3.91. The number of benzene rings is 1. The number of aryl methyl sites for hydroxylation is 1. The summed E-state index contributed by atoms with van der Waals surface area (Å²) in [6.45, 7) is 4.79. The molecular formula is C14H20N4O3S. The molecule has 0 aliphatic carbocycles. The summed E-state index contributed by atoms with van der Waals surface area (Å²) in [5, 5.41) is 12.5. The molecule has 0 radical (unpaired) electrons. The normalized spacial score (nSPS) is 11.5. The molecule has 22 heavy (non-hydrogen) atoms. The minimum Gasteiger partial charge on any atom is -0.492 e. The number of nitrogens with two attached hydrogens (primary N) is 1. The molecule has 0 aliphatic heterocycles. The monoisotopic (exact) mass is 324 g/mol. The lowest BCUT2D eigenvalue weighted by molar-refractivity contribution is 0.312. The summed E-state index contributed by atoms with van der Waals surface area (Å²) < 4.78 is 29.6. The summed E-state index contributed by atoms with van der Waals surface area (Å²) in [5.41, 5.74) is 1.14. The van der Waals surface area contributed by atoms with Crippen LogP contribution < -0.4 is 15.2 Å². The van der Waals surface area contributed by atoms with Gasteiger partial charge >= 0.3 is 0 Å². The Morgan fingerprint density at radius 2 is 2.00 bits per heavy atom. The second-order valence-electron chi connectivity index (χ2n) is 4.90. The van der Waals surface area contributed by atoms with Gasteiger partial charge in [0.15, 0.2) is 0 Å². The van der Waals surface area contributed by atoms with Crippen molar-refractivity contribution in [2.75, 3.05) is 19.7 Å². The second-order valence-corrected chi connectivity index (χ2v) is 6.46. The highest BCUT2D eigenvalue weighted by Crippen LogP contribution is 2.14. The largest absolute Gasteiger partial charge is 0.492 e. The van der Waals surface area contributed by atoms with Crippen LogP contribution in [-0.4, -0.2) is 37.9 Å². The Balaban J connectivity index is 1.64. The van der Waals surface area contributed by atoms with Crippen molar-refractivity contribution in [3.63, 3.8) is 0 Å². The maximum absolute atomic E-state index is 11.1. The molecule has 0 spiro atoms. The van der Waals surface area contributed by atoms with Crippen molar-refractivity contribution in [1.29, 1.82) is 0 Å². The van der Waals surface area contributed by atoms with Gasteiger partial charge in [0.1, 0.15) is 12.4 Å². The number of ether oxygens (including phenoxy) is 1. The van der Waals surface area contributed by atoms with Gasteiger partial charge in [-0.15, -0.1) is 0 Å². The number of sulfonamides is 1. The van der Waals surface area contributed by atoms with E-state index in [0.717, 1.165) is 18.7 Å². The van der Waals surface area contributed by atoms with Crippen LogP contribution in [0.25, 0.3) is 0 Å². The summed E-state index contributed by atoms with van der Waals surface area (Å²) in [6, 6.07) is 6.04. The molecule has 3 N–H and O–H groups in total. The maximum Gasteiger partial charge on any atom is 0.238 e. The van der Waals surface area contributed by atoms with E-state index in [0.29, 0.717) is 18.9 Å². The number of primary sulfonamides is 1. The lowest BCUT2D eigenvalue weighted by Crippen LogP contribution is -2.25. The van der Waals surface area contributed by atoms with Gasteiger partial charge in [-0.1, -0.05) is 0 Å². The maximum atomic E-state index is 11.1. The van der Waals surface area contributed by atoms with E-state index in [1.807, 2.05) is 24.0 Å². The standard InChI is InChI=1S/C14H20N4O3S/c1-12-10-17-18(11-12)8-6-16-7-9-21-13-2-4-14(5-3-13)22(15,19)20/h2-5,10-11,16H,6-9H2,1H3,(H2,15,19,20). The van der Waals surface area contributed by atoms with E-state index in [1.54, 1.807) is 12.1 Å². The number of hydrogen-bond acceptors (Lipinski definition) is 5. The Bertz CT molecular complexity index is 695. The zero-order valence-electron chi connectivity index (χ0n) is 12.4. The van der Waals surface area contributed by atoms with E-state index >= 15 is 0 Å². The fourth-order valence-electron chi connectivity index (χ4n) is 1.87. The van der Waals surface area contributed by atoms with Crippen molar-refractivity contribution >= 4 is 10.0 Å². The Morgan fingerprint density at radius 3 is 2.59 bits per heavy atom. The molecule has 0 saturated carbocycles. The first-order valence-corrected chi connectivity index (χ1v) is 8.45. The van der Waals surface area contributed by atoms with Crippen LogP contribution in [0.15, 0.2) is 41.6 Å². The molecule has 2 aromatic rings. The number of rotatable bonds is 8. The molecule has 120 valence electrons. The van der Waals surface area contributed by atoms with Gasteiger partial charge in [0.25, 0.3) is 0 Å². The highest BCUT2D eigenvalue weighted by atomic mass is 32.2. The Hall–Kier alpha value is -1.90. The first-order valence-electron chi connectivity index (χ1n) is 6.90. The Kier molecular flexibility index (Phi) is 5.53. The molecule has 7 nitrogen and oxygen atoms in total. The zero-order chi connectivity index (χ0) is 16.0. The minimum atomic E-state index is -3.65. The molecule has 0 amide bonds. The number of nitrogens with zero attached hydrogens (tertiary/aromatic N) is 2. The van der Waals surface area contributed by atoms with Crippen LogP contribution >= 0.6 is 0 Å². The molecule has 0 bridgehead atoms. The van der Waals surface area contributed by atoms with E-state index in [1.165, 1.54) is 12.1 Å². The summed E-state index contributed by atoms with van der Waals surface area (Å²) in [4.78, 5) is 0.0764. The molecule has 2 rings (SSSR count). The predicted octanol–water partition coefficient (Wildman–Crippen LogP) is 0.508. The molecule has 0 aliphatic rings. The van der Waals surface area contributed by atoms with Gasteiger partial charge in [0, 0.05) is 19.3 Å². The number of hydrogen-bond donors (Lipinski definition) is 2. The SMILES string of the molecule is Cc1cnn(CCNCCOc2ccc(S(N)(=O)=O)cc2)c1. The molecule has 1 aromatic carbocycles. The van der Waals surface area contributed by atoms with E-state index in [4.69, 9.17) is 9.88 Å². The highest BCUT2D eigenvalue weighted by molar-refractivity contribution is 7.89. The first kappa shape index (κ1) is 16.5. The first-order chi connectivity index (χ1) is 10.4. The summed E-state index contributed by atoms with van der Waals surface area (Å²) in [6.07, 6.45) is 3.82. The van der Waals surface area contributed by atoms with Gasteiger partial charge < -0.3 is 10.1 Å². The van der Waals surface area contributed by atoms with Gasteiger partial charge in [-0.25, -0.2) is 13.6 Å². The molecule has 0 unspecified atom stereocenters. The number of nitrogens with one attached hydrogen (secondary N) is 1. The highest BCUT2D eigenvalue weighted by Gasteiger charge is 2.06. The minimum absolute atomic E-state index is 0.0764. The van der Waals surface area contributed by atoms with Crippen LogP contribution in [0.3, 0.4) is 0 Å². The molecule has 1 heterocycles. The molecule has 1 aromatic heterocycles. The smallest absolute Gasteiger partial charge is 0.238 e.